The maximum Gasteiger partial charge on any atom is 0.326 e. The SMILES string of the molecule is C[C@H]1[C@@H](CN2CCC(n3c(=O)[nH]c4ccccc43)CC2)O[C@@H](c2ccc(-c3cccc(CN)c3)cc2)O[C@H]1c1ccc(CO)cc1. The molecule has 4 aromatic carbocycles. The Morgan fingerprint density at radius 2 is 1.59 bits per heavy atom. The molecule has 0 saturated carbocycles. The van der Waals surface area contributed by atoms with Crippen LogP contribution in [0.25, 0.3) is 22.2 Å². The zero-order valence-corrected chi connectivity index (χ0v) is 26.2. The van der Waals surface area contributed by atoms with Gasteiger partial charge in [-0.2, -0.15) is 0 Å². The maximum atomic E-state index is 12.8. The number of ether oxygens (including phenoxy) is 2. The Labute approximate surface area is 269 Å². The van der Waals surface area contributed by atoms with Gasteiger partial charge in [-0.25, -0.2) is 4.79 Å². The van der Waals surface area contributed by atoms with Crippen LogP contribution >= 0.6 is 0 Å². The Hall–Kier alpha value is -4.05. The van der Waals surface area contributed by atoms with Gasteiger partial charge >= 0.3 is 5.69 Å². The second kappa shape index (κ2) is 13.4. The van der Waals surface area contributed by atoms with Crippen molar-refractivity contribution in [2.75, 3.05) is 19.6 Å². The highest BCUT2D eigenvalue weighted by Crippen LogP contribution is 2.42. The van der Waals surface area contributed by atoms with Gasteiger partial charge in [0, 0.05) is 43.7 Å². The van der Waals surface area contributed by atoms with Crippen molar-refractivity contribution in [3.05, 3.63) is 130 Å². The number of aliphatic hydroxyl groups excluding tert-OH is 1. The molecule has 0 amide bonds. The second-order valence-corrected chi connectivity index (χ2v) is 12.7. The van der Waals surface area contributed by atoms with E-state index in [1.54, 1.807) is 0 Å². The fourth-order valence-corrected chi connectivity index (χ4v) is 7.09. The minimum atomic E-state index is -0.518. The molecular formula is C38H42N4O4. The van der Waals surface area contributed by atoms with Crippen molar-refractivity contribution in [3.8, 4) is 11.1 Å². The summed E-state index contributed by atoms with van der Waals surface area (Å²) in [5.74, 6) is 0.100. The molecule has 2 fully saturated rings. The van der Waals surface area contributed by atoms with Crippen LogP contribution in [0.15, 0.2) is 102 Å². The molecule has 0 radical (unpaired) electrons. The van der Waals surface area contributed by atoms with Crippen molar-refractivity contribution in [3.63, 3.8) is 0 Å². The number of likely N-dealkylation sites (tertiary alicyclic amines) is 1. The normalized spacial score (nSPS) is 22.8. The first kappa shape index (κ1) is 30.6. The minimum absolute atomic E-state index is 0.0108. The maximum absolute atomic E-state index is 12.8. The van der Waals surface area contributed by atoms with Gasteiger partial charge in [-0.05, 0) is 58.9 Å². The van der Waals surface area contributed by atoms with E-state index in [1.807, 2.05) is 53.1 Å². The average Bonchev–Trinajstić information content (AvgIpc) is 3.45. The lowest BCUT2D eigenvalue weighted by molar-refractivity contribution is -0.276. The van der Waals surface area contributed by atoms with Crippen LogP contribution in [0.1, 0.15) is 60.5 Å². The summed E-state index contributed by atoms with van der Waals surface area (Å²) in [5, 5.41) is 9.60. The van der Waals surface area contributed by atoms with Crippen LogP contribution in [-0.4, -0.2) is 45.3 Å². The Balaban J connectivity index is 1.10. The van der Waals surface area contributed by atoms with E-state index < -0.39 is 6.29 Å². The number of nitrogens with one attached hydrogen (secondary N) is 1. The fourth-order valence-electron chi connectivity index (χ4n) is 7.09. The lowest BCUT2D eigenvalue weighted by Crippen LogP contribution is -2.47. The standard InChI is InChI=1S/C38H42N4O4/c1-25-35(23-41-19-17-32(18-20-41)42-34-8-3-2-7-33(34)40-38(42)44)45-37(46-36(25)29-11-9-26(24-43)10-12-29)30-15-13-28(14-16-30)31-6-4-5-27(21-31)22-39/h2-16,21,25,32,35-37,43H,17-20,22-24,39H2,1H3,(H,40,44)/t25-,35+,36+,37+/m0/s1. The molecule has 8 nitrogen and oxygen atoms in total. The number of imidazole rings is 1. The second-order valence-electron chi connectivity index (χ2n) is 12.7. The van der Waals surface area contributed by atoms with Gasteiger partial charge in [-0.1, -0.05) is 85.8 Å². The Bertz CT molecular complexity index is 1820. The summed E-state index contributed by atoms with van der Waals surface area (Å²) in [4.78, 5) is 18.3. The quantitative estimate of drug-likeness (QED) is 0.195. The van der Waals surface area contributed by atoms with E-state index >= 15 is 0 Å². The zero-order chi connectivity index (χ0) is 31.6. The molecule has 4 N–H and O–H groups in total. The molecule has 0 aliphatic carbocycles. The van der Waals surface area contributed by atoms with Crippen molar-refractivity contribution in [2.24, 2.45) is 11.7 Å². The molecule has 2 saturated heterocycles. The summed E-state index contributed by atoms with van der Waals surface area (Å²) in [6.45, 7) is 5.29. The van der Waals surface area contributed by atoms with Crippen molar-refractivity contribution in [2.45, 2.75) is 57.5 Å². The van der Waals surface area contributed by atoms with Gasteiger partial charge in [0.2, 0.25) is 0 Å². The van der Waals surface area contributed by atoms with E-state index in [9.17, 15) is 9.90 Å². The largest absolute Gasteiger partial charge is 0.392 e. The molecule has 7 rings (SSSR count). The molecule has 4 atom stereocenters. The number of benzene rings is 4. The smallest absolute Gasteiger partial charge is 0.326 e. The van der Waals surface area contributed by atoms with Gasteiger partial charge < -0.3 is 30.2 Å². The first-order valence-electron chi connectivity index (χ1n) is 16.3. The number of nitrogens with two attached hydrogens (primary N) is 1. The predicted molar refractivity (Wildman–Crippen MR) is 180 cm³/mol. The summed E-state index contributed by atoms with van der Waals surface area (Å²) in [7, 11) is 0. The number of aromatic amines is 1. The molecule has 0 unspecified atom stereocenters. The highest BCUT2D eigenvalue weighted by molar-refractivity contribution is 5.75. The molecule has 0 spiro atoms. The summed E-state index contributed by atoms with van der Waals surface area (Å²) in [6, 6.07) is 32.9. The molecule has 0 bridgehead atoms. The first-order chi connectivity index (χ1) is 22.5. The van der Waals surface area contributed by atoms with Crippen LogP contribution in [0.3, 0.4) is 0 Å². The summed E-state index contributed by atoms with van der Waals surface area (Å²) >= 11 is 0. The third kappa shape index (κ3) is 6.19. The van der Waals surface area contributed by atoms with Gasteiger partial charge in [0.1, 0.15) is 0 Å². The minimum Gasteiger partial charge on any atom is -0.392 e. The van der Waals surface area contributed by atoms with Gasteiger partial charge in [0.05, 0.1) is 29.8 Å². The van der Waals surface area contributed by atoms with Crippen molar-refractivity contribution >= 4 is 11.0 Å². The molecule has 2 aliphatic heterocycles. The Kier molecular flexibility index (Phi) is 8.88. The van der Waals surface area contributed by atoms with E-state index in [1.165, 1.54) is 0 Å². The Morgan fingerprint density at radius 3 is 2.33 bits per heavy atom. The van der Waals surface area contributed by atoms with Gasteiger partial charge in [-0.3, -0.25) is 4.57 Å². The van der Waals surface area contributed by atoms with Crippen LogP contribution in [0.2, 0.25) is 0 Å². The summed E-state index contributed by atoms with van der Waals surface area (Å²) in [6.07, 6.45) is 1.06. The molecule has 8 heteroatoms. The number of hydrogen-bond donors (Lipinski definition) is 3. The van der Waals surface area contributed by atoms with E-state index in [2.05, 4.69) is 65.3 Å². The molecule has 5 aromatic rings. The van der Waals surface area contributed by atoms with E-state index in [-0.39, 0.29) is 36.5 Å². The first-order valence-corrected chi connectivity index (χ1v) is 16.3. The number of H-pyrrole nitrogens is 1. The van der Waals surface area contributed by atoms with Crippen molar-refractivity contribution < 1.29 is 14.6 Å². The highest BCUT2D eigenvalue weighted by atomic mass is 16.7. The molecule has 3 heterocycles. The van der Waals surface area contributed by atoms with E-state index in [4.69, 9.17) is 15.2 Å². The van der Waals surface area contributed by atoms with Gasteiger partial charge in [0.15, 0.2) is 6.29 Å². The predicted octanol–water partition coefficient (Wildman–Crippen LogP) is 6.08. The number of aromatic nitrogens is 2. The monoisotopic (exact) mass is 618 g/mol. The number of para-hydroxylation sites is 2. The highest BCUT2D eigenvalue weighted by Gasteiger charge is 2.39. The lowest BCUT2D eigenvalue weighted by atomic mass is 9.89. The molecule has 1 aromatic heterocycles. The van der Waals surface area contributed by atoms with Crippen LogP contribution in [0.4, 0.5) is 0 Å². The van der Waals surface area contributed by atoms with Crippen LogP contribution < -0.4 is 11.4 Å². The van der Waals surface area contributed by atoms with Gasteiger partial charge in [-0.15, -0.1) is 0 Å². The average molecular weight is 619 g/mol. The third-order valence-corrected chi connectivity index (χ3v) is 9.79. The number of hydrogen-bond acceptors (Lipinski definition) is 6. The lowest BCUT2D eigenvalue weighted by Gasteiger charge is -2.44. The fraction of sp³-hybridized carbons (Fsp3) is 0.342. The molecule has 238 valence electrons. The number of nitrogens with zero attached hydrogens (tertiary/aromatic N) is 2. The topological polar surface area (TPSA) is 106 Å². The van der Waals surface area contributed by atoms with Crippen molar-refractivity contribution in [1.82, 2.24) is 14.5 Å². The Morgan fingerprint density at radius 1 is 0.848 bits per heavy atom. The summed E-state index contributed by atoms with van der Waals surface area (Å²) in [5.41, 5.74) is 14.0. The van der Waals surface area contributed by atoms with E-state index in [0.717, 1.165) is 76.9 Å². The number of aliphatic hydroxyl groups is 1. The summed E-state index contributed by atoms with van der Waals surface area (Å²) < 4.78 is 15.4. The molecule has 2 aliphatic rings. The molecular weight excluding hydrogens is 576 g/mol. The third-order valence-electron chi connectivity index (χ3n) is 9.79. The van der Waals surface area contributed by atoms with E-state index in [0.29, 0.717) is 6.54 Å². The van der Waals surface area contributed by atoms with Crippen LogP contribution in [0, 0.1) is 5.92 Å². The van der Waals surface area contributed by atoms with Crippen LogP contribution in [0.5, 0.6) is 0 Å². The molecule has 46 heavy (non-hydrogen) atoms. The number of fused-ring (bicyclic) bond motifs is 1. The van der Waals surface area contributed by atoms with Crippen molar-refractivity contribution in [1.29, 1.82) is 0 Å². The number of rotatable bonds is 8. The zero-order valence-electron chi connectivity index (χ0n) is 26.2. The van der Waals surface area contributed by atoms with Gasteiger partial charge in [0.25, 0.3) is 0 Å². The van der Waals surface area contributed by atoms with Crippen LogP contribution in [-0.2, 0) is 22.6 Å². The number of piperidine rings is 1.